The van der Waals surface area contributed by atoms with Gasteiger partial charge in [-0.1, -0.05) is 30.3 Å². The Kier molecular flexibility index (Phi) is 6.87. The first-order valence-corrected chi connectivity index (χ1v) is 11.5. The molecule has 3 heterocycles. The number of carbonyl (C=O) groups excluding carboxylic acids is 2. The topological polar surface area (TPSA) is 82.2 Å². The van der Waals surface area contributed by atoms with Gasteiger partial charge in [-0.05, 0) is 44.4 Å². The lowest BCUT2D eigenvalue weighted by Crippen LogP contribution is -2.38. The first kappa shape index (κ1) is 22.7. The summed E-state index contributed by atoms with van der Waals surface area (Å²) in [6, 6.07) is 12.1. The van der Waals surface area contributed by atoms with Crippen molar-refractivity contribution in [2.75, 3.05) is 26.2 Å². The molecular formula is C26H31N5O2. The molecule has 0 spiro atoms. The number of carbonyl (C=O) groups is 2. The number of H-pyrrole nitrogens is 1. The van der Waals surface area contributed by atoms with Crippen LogP contribution in [0.3, 0.4) is 0 Å². The summed E-state index contributed by atoms with van der Waals surface area (Å²) in [4.78, 5) is 34.6. The minimum Gasteiger partial charge on any atom is -0.341 e. The Morgan fingerprint density at radius 3 is 2.67 bits per heavy atom. The zero-order valence-corrected chi connectivity index (χ0v) is 19.5. The maximum atomic E-state index is 13.4. The summed E-state index contributed by atoms with van der Waals surface area (Å²) in [5.41, 5.74) is 5.92. The van der Waals surface area contributed by atoms with Crippen molar-refractivity contribution >= 4 is 11.8 Å². The van der Waals surface area contributed by atoms with Crippen molar-refractivity contribution in [3.8, 4) is 11.1 Å². The van der Waals surface area contributed by atoms with E-state index in [0.29, 0.717) is 39.0 Å². The summed E-state index contributed by atoms with van der Waals surface area (Å²) < 4.78 is 0. The van der Waals surface area contributed by atoms with Crippen molar-refractivity contribution in [1.29, 1.82) is 0 Å². The number of amides is 2. The molecule has 3 aromatic rings. The molecule has 7 heteroatoms. The lowest BCUT2D eigenvalue weighted by atomic mass is 9.91. The zero-order chi connectivity index (χ0) is 23.4. The van der Waals surface area contributed by atoms with Gasteiger partial charge in [-0.2, -0.15) is 5.10 Å². The van der Waals surface area contributed by atoms with Crippen LogP contribution >= 0.6 is 0 Å². The lowest BCUT2D eigenvalue weighted by Gasteiger charge is -2.24. The molecule has 2 aromatic heterocycles. The molecule has 1 N–H and O–H groups in total. The number of aryl methyl sites for hydroxylation is 2. The highest BCUT2D eigenvalue weighted by Crippen LogP contribution is 2.27. The van der Waals surface area contributed by atoms with Gasteiger partial charge in [-0.15, -0.1) is 0 Å². The fourth-order valence-electron chi connectivity index (χ4n) is 4.60. The van der Waals surface area contributed by atoms with Crippen LogP contribution in [0.2, 0.25) is 0 Å². The summed E-state index contributed by atoms with van der Waals surface area (Å²) in [6.45, 7) is 8.02. The normalized spacial score (nSPS) is 16.7. The number of nitrogens with zero attached hydrogens (tertiary/aromatic N) is 4. The maximum Gasteiger partial charge on any atom is 0.227 e. The molecule has 7 nitrogen and oxygen atoms in total. The highest BCUT2D eigenvalue weighted by atomic mass is 16.2. The minimum absolute atomic E-state index is 0.0406. The van der Waals surface area contributed by atoms with E-state index in [1.165, 1.54) is 0 Å². The molecule has 4 rings (SSSR count). The Morgan fingerprint density at radius 1 is 1.15 bits per heavy atom. The van der Waals surface area contributed by atoms with Crippen LogP contribution in [0.5, 0.6) is 0 Å². The van der Waals surface area contributed by atoms with E-state index < -0.39 is 0 Å². The van der Waals surface area contributed by atoms with E-state index in [4.69, 9.17) is 0 Å². The number of hydrogen-bond donors (Lipinski definition) is 1. The summed E-state index contributed by atoms with van der Waals surface area (Å²) in [5.74, 6) is -0.135. The summed E-state index contributed by atoms with van der Waals surface area (Å²) in [6.07, 6.45) is 4.48. The number of likely N-dealkylation sites (N-methyl/N-ethyl adjacent to an activating group) is 1. The van der Waals surface area contributed by atoms with Gasteiger partial charge in [0.05, 0.1) is 18.0 Å². The van der Waals surface area contributed by atoms with Crippen molar-refractivity contribution in [1.82, 2.24) is 25.0 Å². The summed E-state index contributed by atoms with van der Waals surface area (Å²) in [5, 5.41) is 7.17. The van der Waals surface area contributed by atoms with Gasteiger partial charge in [0, 0.05) is 55.4 Å². The molecule has 1 fully saturated rings. The second-order valence-corrected chi connectivity index (χ2v) is 8.65. The fraction of sp³-hybridized carbons (Fsp3) is 0.385. The number of rotatable bonds is 6. The summed E-state index contributed by atoms with van der Waals surface area (Å²) >= 11 is 0. The third kappa shape index (κ3) is 4.97. The smallest absolute Gasteiger partial charge is 0.227 e. The molecule has 0 saturated carbocycles. The van der Waals surface area contributed by atoms with Crippen LogP contribution in [0, 0.1) is 19.8 Å². The predicted octanol–water partition coefficient (Wildman–Crippen LogP) is 3.18. The molecule has 0 aliphatic carbocycles. The van der Waals surface area contributed by atoms with Crippen LogP contribution in [-0.2, 0) is 22.4 Å². The van der Waals surface area contributed by atoms with Crippen LogP contribution in [0.15, 0.2) is 48.8 Å². The number of hydrogen-bond acceptors (Lipinski definition) is 4. The van der Waals surface area contributed by atoms with Gasteiger partial charge in [-0.25, -0.2) is 0 Å². The van der Waals surface area contributed by atoms with E-state index in [1.54, 1.807) is 6.20 Å². The molecule has 1 aliphatic heterocycles. The van der Waals surface area contributed by atoms with Crippen LogP contribution in [-0.4, -0.2) is 63.0 Å². The molecule has 2 amide bonds. The first-order valence-electron chi connectivity index (χ1n) is 11.5. The van der Waals surface area contributed by atoms with E-state index in [-0.39, 0.29) is 17.7 Å². The van der Waals surface area contributed by atoms with Gasteiger partial charge in [0.2, 0.25) is 11.8 Å². The Morgan fingerprint density at radius 2 is 1.97 bits per heavy atom. The molecule has 1 atom stereocenters. The van der Waals surface area contributed by atoms with Crippen molar-refractivity contribution in [3.63, 3.8) is 0 Å². The lowest BCUT2D eigenvalue weighted by molar-refractivity contribution is -0.134. The predicted molar refractivity (Wildman–Crippen MR) is 127 cm³/mol. The monoisotopic (exact) mass is 445 g/mol. The maximum absolute atomic E-state index is 13.4. The standard InChI is InChI=1S/C26H31N5O2/c1-4-30-12-13-31(25(32)15-24-18(2)28-29-19(24)3)17-22(26(30)33)14-20-8-5-6-10-23(20)21-9-7-11-27-16-21/h5-11,16,22H,4,12-15,17H2,1-3H3,(H,28,29)/t22-/m1/s1. The average Bonchev–Trinajstić information content (AvgIpc) is 3.05. The largest absolute Gasteiger partial charge is 0.341 e. The average molecular weight is 446 g/mol. The van der Waals surface area contributed by atoms with Crippen LogP contribution in [0.1, 0.15) is 29.4 Å². The first-order chi connectivity index (χ1) is 16.0. The van der Waals surface area contributed by atoms with Gasteiger partial charge in [0.1, 0.15) is 0 Å². The zero-order valence-electron chi connectivity index (χ0n) is 19.5. The number of pyridine rings is 1. The van der Waals surface area contributed by atoms with Crippen molar-refractivity contribution in [2.24, 2.45) is 5.92 Å². The minimum atomic E-state index is -0.291. The van der Waals surface area contributed by atoms with Crippen molar-refractivity contribution in [2.45, 2.75) is 33.6 Å². The molecule has 1 saturated heterocycles. The Labute approximate surface area is 194 Å². The molecule has 1 aromatic carbocycles. The third-order valence-corrected chi connectivity index (χ3v) is 6.54. The van der Waals surface area contributed by atoms with Crippen LogP contribution in [0.25, 0.3) is 11.1 Å². The molecule has 33 heavy (non-hydrogen) atoms. The van der Waals surface area contributed by atoms with E-state index in [0.717, 1.165) is 33.6 Å². The second kappa shape index (κ2) is 9.98. The third-order valence-electron chi connectivity index (χ3n) is 6.54. The molecule has 0 radical (unpaired) electrons. The van der Waals surface area contributed by atoms with Crippen LogP contribution in [0.4, 0.5) is 0 Å². The molecule has 0 unspecified atom stereocenters. The van der Waals surface area contributed by atoms with Gasteiger partial charge in [0.25, 0.3) is 0 Å². The van der Waals surface area contributed by atoms with E-state index in [2.05, 4.69) is 27.3 Å². The number of aromatic nitrogens is 3. The highest BCUT2D eigenvalue weighted by Gasteiger charge is 2.32. The fourth-order valence-corrected chi connectivity index (χ4v) is 4.60. The molecule has 0 bridgehead atoms. The molecular weight excluding hydrogens is 414 g/mol. The van der Waals surface area contributed by atoms with E-state index >= 15 is 0 Å². The Bertz CT molecular complexity index is 1110. The van der Waals surface area contributed by atoms with Crippen molar-refractivity contribution in [3.05, 3.63) is 71.3 Å². The summed E-state index contributed by atoms with van der Waals surface area (Å²) in [7, 11) is 0. The number of nitrogens with one attached hydrogen (secondary N) is 1. The number of aromatic amines is 1. The SMILES string of the molecule is CCN1CCN(C(=O)Cc2c(C)n[nH]c2C)C[C@@H](Cc2ccccc2-c2cccnc2)C1=O. The molecule has 172 valence electrons. The quantitative estimate of drug-likeness (QED) is 0.632. The Hall–Kier alpha value is -3.48. The number of benzene rings is 1. The van der Waals surface area contributed by atoms with E-state index in [1.807, 2.05) is 61.0 Å². The highest BCUT2D eigenvalue weighted by molar-refractivity contribution is 5.84. The van der Waals surface area contributed by atoms with Gasteiger partial charge in [-0.3, -0.25) is 19.7 Å². The second-order valence-electron chi connectivity index (χ2n) is 8.65. The van der Waals surface area contributed by atoms with Gasteiger partial charge >= 0.3 is 0 Å². The Balaban J connectivity index is 1.59. The van der Waals surface area contributed by atoms with Gasteiger partial charge in [0.15, 0.2) is 0 Å². The molecule has 1 aliphatic rings. The van der Waals surface area contributed by atoms with E-state index in [9.17, 15) is 9.59 Å². The van der Waals surface area contributed by atoms with Crippen molar-refractivity contribution < 1.29 is 9.59 Å². The van der Waals surface area contributed by atoms with Crippen LogP contribution < -0.4 is 0 Å². The van der Waals surface area contributed by atoms with Gasteiger partial charge < -0.3 is 9.80 Å².